The predicted octanol–water partition coefficient (Wildman–Crippen LogP) is 3.26. The van der Waals surface area contributed by atoms with E-state index in [1.807, 2.05) is 36.8 Å². The standard InChI is InChI=1S/C16H18N4/c1-12(2)19-16-14-7-3-4-8-15(14)18-11-20(16)13-6-5-9-17-10-13/h3-12,16,19H,1-2H3. The molecule has 0 spiro atoms. The van der Waals surface area contributed by atoms with Gasteiger partial charge in [0, 0.05) is 17.8 Å². The van der Waals surface area contributed by atoms with Gasteiger partial charge in [0.2, 0.25) is 0 Å². The smallest absolute Gasteiger partial charge is 0.114 e. The SMILES string of the molecule is CC(C)NC1c2ccccc2N=CN1c1cccnc1. The zero-order valence-electron chi connectivity index (χ0n) is 11.7. The quantitative estimate of drug-likeness (QED) is 0.927. The van der Waals surface area contributed by atoms with Gasteiger partial charge in [0.15, 0.2) is 0 Å². The van der Waals surface area contributed by atoms with Gasteiger partial charge in [-0.25, -0.2) is 4.99 Å². The Labute approximate surface area is 119 Å². The molecule has 0 saturated heterocycles. The van der Waals surface area contributed by atoms with E-state index >= 15 is 0 Å². The lowest BCUT2D eigenvalue weighted by atomic mass is 10.1. The number of aliphatic imine (C=N–C) groups is 1. The zero-order valence-corrected chi connectivity index (χ0v) is 11.7. The Kier molecular flexibility index (Phi) is 3.48. The van der Waals surface area contributed by atoms with Crippen molar-refractivity contribution >= 4 is 17.7 Å². The minimum absolute atomic E-state index is 0.0768. The van der Waals surface area contributed by atoms with E-state index in [2.05, 4.69) is 46.2 Å². The first-order valence-electron chi connectivity index (χ1n) is 6.83. The summed E-state index contributed by atoms with van der Waals surface area (Å²) in [5.74, 6) is 0. The lowest BCUT2D eigenvalue weighted by molar-refractivity contribution is 0.487. The molecule has 1 unspecified atom stereocenters. The van der Waals surface area contributed by atoms with E-state index in [1.165, 1.54) is 5.56 Å². The first-order valence-corrected chi connectivity index (χ1v) is 6.83. The molecule has 20 heavy (non-hydrogen) atoms. The minimum Gasteiger partial charge on any atom is -0.310 e. The molecule has 1 atom stereocenters. The highest BCUT2D eigenvalue weighted by Crippen LogP contribution is 2.33. The third kappa shape index (κ3) is 2.42. The number of fused-ring (bicyclic) bond motifs is 1. The molecule has 2 aromatic rings. The van der Waals surface area contributed by atoms with Crippen LogP contribution in [0, 0.1) is 0 Å². The molecule has 0 radical (unpaired) electrons. The van der Waals surface area contributed by atoms with Crippen molar-refractivity contribution in [2.75, 3.05) is 4.90 Å². The summed E-state index contributed by atoms with van der Waals surface area (Å²) in [7, 11) is 0. The van der Waals surface area contributed by atoms with Crippen LogP contribution in [0.4, 0.5) is 11.4 Å². The van der Waals surface area contributed by atoms with E-state index in [4.69, 9.17) is 0 Å². The van der Waals surface area contributed by atoms with Gasteiger partial charge in [0.1, 0.15) is 6.17 Å². The van der Waals surface area contributed by atoms with Crippen molar-refractivity contribution in [1.29, 1.82) is 0 Å². The van der Waals surface area contributed by atoms with Crippen LogP contribution in [-0.4, -0.2) is 17.4 Å². The third-order valence-corrected chi connectivity index (χ3v) is 3.27. The average molecular weight is 266 g/mol. The zero-order chi connectivity index (χ0) is 13.9. The number of para-hydroxylation sites is 1. The van der Waals surface area contributed by atoms with E-state index < -0.39 is 0 Å². The molecule has 4 nitrogen and oxygen atoms in total. The largest absolute Gasteiger partial charge is 0.310 e. The lowest BCUT2D eigenvalue weighted by Crippen LogP contribution is -2.42. The van der Waals surface area contributed by atoms with Crippen molar-refractivity contribution in [3.8, 4) is 0 Å². The Hall–Kier alpha value is -2.20. The first kappa shape index (κ1) is 12.8. The molecule has 1 aliphatic rings. The Bertz CT molecular complexity index is 607. The Morgan fingerprint density at radius 2 is 2.00 bits per heavy atom. The Balaban J connectivity index is 2.03. The summed E-state index contributed by atoms with van der Waals surface area (Å²) in [6.07, 6.45) is 5.59. The second-order valence-corrected chi connectivity index (χ2v) is 5.15. The van der Waals surface area contributed by atoms with Gasteiger partial charge in [-0.1, -0.05) is 18.2 Å². The fraction of sp³-hybridized carbons (Fsp3) is 0.250. The highest BCUT2D eigenvalue weighted by molar-refractivity contribution is 5.85. The molecular formula is C16H18N4. The summed E-state index contributed by atoms with van der Waals surface area (Å²) in [4.78, 5) is 10.9. The van der Waals surface area contributed by atoms with Gasteiger partial charge in [-0.3, -0.25) is 10.3 Å². The van der Waals surface area contributed by atoms with Crippen LogP contribution in [0.25, 0.3) is 0 Å². The van der Waals surface area contributed by atoms with Gasteiger partial charge in [0.25, 0.3) is 0 Å². The highest BCUT2D eigenvalue weighted by Gasteiger charge is 2.25. The fourth-order valence-electron chi connectivity index (χ4n) is 2.39. The van der Waals surface area contributed by atoms with Crippen LogP contribution in [0.3, 0.4) is 0 Å². The van der Waals surface area contributed by atoms with Crippen molar-refractivity contribution in [3.63, 3.8) is 0 Å². The van der Waals surface area contributed by atoms with Crippen molar-refractivity contribution in [2.24, 2.45) is 4.99 Å². The molecule has 1 aromatic carbocycles. The maximum Gasteiger partial charge on any atom is 0.114 e. The molecule has 1 aromatic heterocycles. The van der Waals surface area contributed by atoms with Crippen LogP contribution in [-0.2, 0) is 0 Å². The summed E-state index contributed by atoms with van der Waals surface area (Å²) in [5.41, 5.74) is 3.24. The lowest BCUT2D eigenvalue weighted by Gasteiger charge is -2.35. The molecule has 3 rings (SSSR count). The van der Waals surface area contributed by atoms with Crippen molar-refractivity contribution in [2.45, 2.75) is 26.1 Å². The Morgan fingerprint density at radius 3 is 2.75 bits per heavy atom. The molecule has 0 amide bonds. The van der Waals surface area contributed by atoms with Crippen molar-refractivity contribution < 1.29 is 0 Å². The number of aromatic nitrogens is 1. The summed E-state index contributed by atoms with van der Waals surface area (Å²) in [5, 5.41) is 3.59. The number of benzene rings is 1. The number of nitrogens with one attached hydrogen (secondary N) is 1. The minimum atomic E-state index is 0.0768. The highest BCUT2D eigenvalue weighted by atomic mass is 15.3. The van der Waals surface area contributed by atoms with Gasteiger partial charge in [-0.05, 0) is 32.0 Å². The predicted molar refractivity (Wildman–Crippen MR) is 82.3 cm³/mol. The fourth-order valence-corrected chi connectivity index (χ4v) is 2.39. The van der Waals surface area contributed by atoms with Crippen LogP contribution >= 0.6 is 0 Å². The molecule has 0 saturated carbocycles. The molecule has 0 bridgehead atoms. The number of hydrogen-bond donors (Lipinski definition) is 1. The summed E-state index contributed by atoms with van der Waals surface area (Å²) in [6, 6.07) is 12.6. The van der Waals surface area contributed by atoms with Gasteiger partial charge >= 0.3 is 0 Å². The molecular weight excluding hydrogens is 248 g/mol. The van der Waals surface area contributed by atoms with Crippen LogP contribution in [0.5, 0.6) is 0 Å². The summed E-state index contributed by atoms with van der Waals surface area (Å²) < 4.78 is 0. The summed E-state index contributed by atoms with van der Waals surface area (Å²) in [6.45, 7) is 4.30. The van der Waals surface area contributed by atoms with E-state index in [1.54, 1.807) is 6.20 Å². The van der Waals surface area contributed by atoms with Gasteiger partial charge in [-0.2, -0.15) is 0 Å². The molecule has 1 N–H and O–H groups in total. The maximum atomic E-state index is 4.54. The molecule has 0 aliphatic carbocycles. The molecule has 4 heteroatoms. The molecule has 0 fully saturated rings. The van der Waals surface area contributed by atoms with Crippen LogP contribution in [0.2, 0.25) is 0 Å². The normalized spacial score (nSPS) is 17.4. The monoisotopic (exact) mass is 266 g/mol. The molecule has 2 heterocycles. The van der Waals surface area contributed by atoms with Crippen molar-refractivity contribution in [1.82, 2.24) is 10.3 Å². The van der Waals surface area contributed by atoms with E-state index in [-0.39, 0.29) is 6.17 Å². The van der Waals surface area contributed by atoms with Crippen LogP contribution in [0.1, 0.15) is 25.6 Å². The average Bonchev–Trinajstić information content (AvgIpc) is 2.48. The van der Waals surface area contributed by atoms with Crippen molar-refractivity contribution in [3.05, 3.63) is 54.4 Å². The van der Waals surface area contributed by atoms with E-state index in [0.29, 0.717) is 6.04 Å². The third-order valence-electron chi connectivity index (χ3n) is 3.27. The summed E-state index contributed by atoms with van der Waals surface area (Å²) >= 11 is 0. The number of rotatable bonds is 3. The topological polar surface area (TPSA) is 40.5 Å². The number of hydrogen-bond acceptors (Lipinski definition) is 4. The first-order chi connectivity index (χ1) is 9.75. The second-order valence-electron chi connectivity index (χ2n) is 5.15. The van der Waals surface area contributed by atoms with E-state index in [9.17, 15) is 0 Å². The van der Waals surface area contributed by atoms with Gasteiger partial charge in [0.05, 0.1) is 23.9 Å². The molecule has 1 aliphatic heterocycles. The van der Waals surface area contributed by atoms with Crippen LogP contribution < -0.4 is 10.2 Å². The van der Waals surface area contributed by atoms with E-state index in [0.717, 1.165) is 11.4 Å². The Morgan fingerprint density at radius 1 is 1.15 bits per heavy atom. The van der Waals surface area contributed by atoms with Crippen LogP contribution in [0.15, 0.2) is 53.8 Å². The maximum absolute atomic E-state index is 4.54. The number of nitrogens with zero attached hydrogens (tertiary/aromatic N) is 3. The number of anilines is 1. The second kappa shape index (κ2) is 5.43. The van der Waals surface area contributed by atoms with Gasteiger partial charge in [-0.15, -0.1) is 0 Å². The molecule has 102 valence electrons. The number of pyridine rings is 1. The van der Waals surface area contributed by atoms with Gasteiger partial charge < -0.3 is 4.90 Å².